The van der Waals surface area contributed by atoms with Gasteiger partial charge in [-0.2, -0.15) is 0 Å². The molecule has 0 bridgehead atoms. The van der Waals surface area contributed by atoms with Crippen molar-refractivity contribution >= 4 is 11.0 Å². The fourth-order valence-electron chi connectivity index (χ4n) is 2.79. The Hall–Kier alpha value is -3.47. The van der Waals surface area contributed by atoms with Gasteiger partial charge in [-0.3, -0.25) is 4.57 Å². The molecule has 4 rings (SSSR count). The van der Waals surface area contributed by atoms with Crippen molar-refractivity contribution in [3.05, 3.63) is 66.7 Å². The van der Waals surface area contributed by atoms with Crippen LogP contribution in [0.25, 0.3) is 28.1 Å². The summed E-state index contributed by atoms with van der Waals surface area (Å²) >= 11 is 0. The zero-order valence-corrected chi connectivity index (χ0v) is 12.6. The van der Waals surface area contributed by atoms with Crippen LogP contribution in [0.3, 0.4) is 0 Å². The lowest BCUT2D eigenvalue weighted by atomic mass is 10.1. The molecule has 4 aromatic rings. The lowest BCUT2D eigenvalue weighted by molar-refractivity contribution is 0.369. The molecular formula is C19H14N2O3. The summed E-state index contributed by atoms with van der Waals surface area (Å²) in [5.41, 5.74) is 2.87. The molecule has 0 unspecified atom stereocenters. The van der Waals surface area contributed by atoms with Crippen molar-refractivity contribution in [2.75, 3.05) is 0 Å². The first kappa shape index (κ1) is 14.1. The predicted octanol–water partition coefficient (Wildman–Crippen LogP) is 3.81. The molecule has 0 aliphatic carbocycles. The van der Waals surface area contributed by atoms with Crippen molar-refractivity contribution in [3.8, 4) is 34.3 Å². The first-order valence-corrected chi connectivity index (χ1v) is 7.44. The topological polar surface area (TPSA) is 78.5 Å². The van der Waals surface area contributed by atoms with Gasteiger partial charge in [0.15, 0.2) is 11.5 Å². The maximum atomic E-state index is 10.3. The second-order valence-electron chi connectivity index (χ2n) is 5.42. The summed E-state index contributed by atoms with van der Waals surface area (Å²) < 4.78 is 1.90. The first-order chi connectivity index (χ1) is 11.7. The SMILES string of the molecule is Oc1ccc(-c2nc3ccccc3n2-c2ccccc2)c(O)c1O. The van der Waals surface area contributed by atoms with Gasteiger partial charge in [-0.05, 0) is 36.4 Å². The number of fused-ring (bicyclic) bond motifs is 1. The number of benzene rings is 3. The molecule has 118 valence electrons. The molecule has 3 aromatic carbocycles. The minimum Gasteiger partial charge on any atom is -0.504 e. The zero-order chi connectivity index (χ0) is 16.7. The Labute approximate surface area is 137 Å². The highest BCUT2D eigenvalue weighted by atomic mass is 16.3. The highest BCUT2D eigenvalue weighted by Gasteiger charge is 2.20. The Morgan fingerprint density at radius 2 is 1.42 bits per heavy atom. The molecule has 0 saturated carbocycles. The van der Waals surface area contributed by atoms with Gasteiger partial charge in [-0.25, -0.2) is 4.98 Å². The van der Waals surface area contributed by atoms with E-state index in [9.17, 15) is 15.3 Å². The first-order valence-electron chi connectivity index (χ1n) is 7.44. The van der Waals surface area contributed by atoms with Crippen LogP contribution in [-0.4, -0.2) is 24.9 Å². The molecule has 5 nitrogen and oxygen atoms in total. The molecule has 24 heavy (non-hydrogen) atoms. The number of phenols is 3. The monoisotopic (exact) mass is 318 g/mol. The quantitative estimate of drug-likeness (QED) is 0.491. The van der Waals surface area contributed by atoms with E-state index in [-0.39, 0.29) is 5.75 Å². The van der Waals surface area contributed by atoms with Crippen LogP contribution in [0.5, 0.6) is 17.2 Å². The van der Waals surface area contributed by atoms with E-state index in [1.165, 1.54) is 12.1 Å². The second kappa shape index (κ2) is 5.31. The minimum atomic E-state index is -0.556. The van der Waals surface area contributed by atoms with Gasteiger partial charge < -0.3 is 15.3 Å². The summed E-state index contributed by atoms with van der Waals surface area (Å²) in [4.78, 5) is 4.60. The number of hydrogen-bond donors (Lipinski definition) is 3. The predicted molar refractivity (Wildman–Crippen MR) is 91.5 cm³/mol. The van der Waals surface area contributed by atoms with Crippen LogP contribution in [0.2, 0.25) is 0 Å². The number of nitrogens with zero attached hydrogens (tertiary/aromatic N) is 2. The van der Waals surface area contributed by atoms with E-state index in [0.29, 0.717) is 11.4 Å². The van der Waals surface area contributed by atoms with E-state index >= 15 is 0 Å². The molecule has 1 heterocycles. The number of para-hydroxylation sites is 3. The van der Waals surface area contributed by atoms with Crippen LogP contribution >= 0.6 is 0 Å². The van der Waals surface area contributed by atoms with E-state index in [1.54, 1.807) is 0 Å². The van der Waals surface area contributed by atoms with Crippen LogP contribution in [0.15, 0.2) is 66.7 Å². The number of hydrogen-bond acceptors (Lipinski definition) is 4. The van der Waals surface area contributed by atoms with Crippen molar-refractivity contribution in [1.82, 2.24) is 9.55 Å². The lowest BCUT2D eigenvalue weighted by Gasteiger charge is -2.11. The van der Waals surface area contributed by atoms with Crippen molar-refractivity contribution in [3.63, 3.8) is 0 Å². The standard InChI is InChI=1S/C19H14N2O3/c22-16-11-10-13(17(23)18(16)24)19-20-14-8-4-5-9-15(14)21(19)12-6-2-1-3-7-12/h1-11,22-24H. The van der Waals surface area contributed by atoms with Crippen LogP contribution in [0.4, 0.5) is 0 Å². The Kier molecular flexibility index (Phi) is 3.13. The largest absolute Gasteiger partial charge is 0.504 e. The average Bonchev–Trinajstić information content (AvgIpc) is 2.99. The molecular weight excluding hydrogens is 304 g/mol. The fourth-order valence-corrected chi connectivity index (χ4v) is 2.79. The van der Waals surface area contributed by atoms with Gasteiger partial charge in [0.25, 0.3) is 0 Å². The molecule has 0 aliphatic heterocycles. The molecule has 5 heteroatoms. The third-order valence-corrected chi connectivity index (χ3v) is 3.95. The summed E-state index contributed by atoms with van der Waals surface area (Å²) in [6.07, 6.45) is 0. The summed E-state index contributed by atoms with van der Waals surface area (Å²) in [6, 6.07) is 20.1. The summed E-state index contributed by atoms with van der Waals surface area (Å²) in [6.45, 7) is 0. The van der Waals surface area contributed by atoms with Gasteiger partial charge >= 0.3 is 0 Å². The molecule has 0 saturated heterocycles. The van der Waals surface area contributed by atoms with E-state index in [0.717, 1.165) is 16.7 Å². The summed E-state index contributed by atoms with van der Waals surface area (Å²) in [5.74, 6) is -0.851. The number of aromatic hydroxyl groups is 3. The van der Waals surface area contributed by atoms with Gasteiger partial charge in [-0.1, -0.05) is 30.3 Å². The highest BCUT2D eigenvalue weighted by Crippen LogP contribution is 2.43. The van der Waals surface area contributed by atoms with Crippen molar-refractivity contribution < 1.29 is 15.3 Å². The maximum Gasteiger partial charge on any atom is 0.201 e. The molecule has 0 fully saturated rings. The lowest BCUT2D eigenvalue weighted by Crippen LogP contribution is -1.97. The van der Waals surface area contributed by atoms with Crippen LogP contribution in [-0.2, 0) is 0 Å². The molecule has 0 spiro atoms. The van der Waals surface area contributed by atoms with Gasteiger partial charge in [-0.15, -0.1) is 0 Å². The Morgan fingerprint density at radius 3 is 2.21 bits per heavy atom. The number of imidazole rings is 1. The van der Waals surface area contributed by atoms with E-state index in [4.69, 9.17) is 0 Å². The smallest absolute Gasteiger partial charge is 0.201 e. The zero-order valence-electron chi connectivity index (χ0n) is 12.6. The minimum absolute atomic E-state index is 0.338. The van der Waals surface area contributed by atoms with E-state index in [1.807, 2.05) is 59.2 Å². The normalized spacial score (nSPS) is 11.0. The Morgan fingerprint density at radius 1 is 0.708 bits per heavy atom. The van der Waals surface area contributed by atoms with Crippen molar-refractivity contribution in [2.24, 2.45) is 0 Å². The third kappa shape index (κ3) is 2.06. The van der Waals surface area contributed by atoms with Crippen molar-refractivity contribution in [1.29, 1.82) is 0 Å². The molecule has 1 aromatic heterocycles. The number of rotatable bonds is 2. The van der Waals surface area contributed by atoms with Gasteiger partial charge in [0.05, 0.1) is 16.6 Å². The highest BCUT2D eigenvalue weighted by molar-refractivity contribution is 5.85. The molecule has 3 N–H and O–H groups in total. The molecule has 0 atom stereocenters. The average molecular weight is 318 g/mol. The van der Waals surface area contributed by atoms with Gasteiger partial charge in [0, 0.05) is 5.69 Å². The van der Waals surface area contributed by atoms with Crippen LogP contribution in [0.1, 0.15) is 0 Å². The van der Waals surface area contributed by atoms with Gasteiger partial charge in [0.2, 0.25) is 5.75 Å². The van der Waals surface area contributed by atoms with E-state index in [2.05, 4.69) is 4.98 Å². The number of phenolic OH excluding ortho intramolecular Hbond substituents is 3. The van der Waals surface area contributed by atoms with Crippen molar-refractivity contribution in [2.45, 2.75) is 0 Å². The van der Waals surface area contributed by atoms with Crippen LogP contribution < -0.4 is 0 Å². The summed E-state index contributed by atoms with van der Waals surface area (Å²) in [5, 5.41) is 29.7. The van der Waals surface area contributed by atoms with Crippen LogP contribution in [0, 0.1) is 0 Å². The Balaban J connectivity index is 2.08. The molecule has 0 amide bonds. The molecule has 0 radical (unpaired) electrons. The maximum absolute atomic E-state index is 10.3. The fraction of sp³-hybridized carbons (Fsp3) is 0. The Bertz CT molecular complexity index is 1040. The third-order valence-electron chi connectivity index (χ3n) is 3.95. The second-order valence-corrected chi connectivity index (χ2v) is 5.42. The van der Waals surface area contributed by atoms with Gasteiger partial charge in [0.1, 0.15) is 5.82 Å². The van der Waals surface area contributed by atoms with E-state index < -0.39 is 11.5 Å². The molecule has 0 aliphatic rings. The summed E-state index contributed by atoms with van der Waals surface area (Å²) in [7, 11) is 0. The number of aromatic nitrogens is 2.